The van der Waals surface area contributed by atoms with Gasteiger partial charge in [-0.15, -0.1) is 0 Å². The van der Waals surface area contributed by atoms with Crippen LogP contribution in [0.5, 0.6) is 0 Å². The van der Waals surface area contributed by atoms with Crippen LogP contribution in [0.1, 0.15) is 11.1 Å². The highest BCUT2D eigenvalue weighted by atomic mass is 19.1. The first-order valence-electron chi connectivity index (χ1n) is 4.63. The van der Waals surface area contributed by atoms with Crippen molar-refractivity contribution in [3.8, 4) is 0 Å². The maximum absolute atomic E-state index is 13.7. The SMILES string of the molecule is Cc1cccc(CC2(F)CNC2)c1. The first-order valence-corrected chi connectivity index (χ1v) is 4.63. The van der Waals surface area contributed by atoms with Gasteiger partial charge in [-0.05, 0) is 12.5 Å². The molecule has 0 bridgehead atoms. The molecule has 1 aromatic rings. The van der Waals surface area contributed by atoms with Gasteiger partial charge in [0.1, 0.15) is 5.67 Å². The number of alkyl halides is 1. The molecule has 0 atom stereocenters. The molecule has 0 aromatic heterocycles. The van der Waals surface area contributed by atoms with Gasteiger partial charge in [-0.1, -0.05) is 29.8 Å². The highest BCUT2D eigenvalue weighted by Gasteiger charge is 2.36. The molecule has 1 aliphatic rings. The molecular weight excluding hydrogens is 165 g/mol. The summed E-state index contributed by atoms with van der Waals surface area (Å²) >= 11 is 0. The fraction of sp³-hybridized carbons (Fsp3) is 0.455. The van der Waals surface area contributed by atoms with Crippen molar-refractivity contribution in [3.05, 3.63) is 35.4 Å². The van der Waals surface area contributed by atoms with Gasteiger partial charge in [0.2, 0.25) is 0 Å². The fourth-order valence-electron chi connectivity index (χ4n) is 1.71. The Bertz CT molecular complexity index is 305. The largest absolute Gasteiger partial charge is 0.310 e. The van der Waals surface area contributed by atoms with E-state index >= 15 is 0 Å². The summed E-state index contributed by atoms with van der Waals surface area (Å²) in [5, 5.41) is 2.96. The van der Waals surface area contributed by atoms with Crippen LogP contribution >= 0.6 is 0 Å². The molecule has 0 amide bonds. The molecule has 1 N–H and O–H groups in total. The molecule has 1 nitrogen and oxygen atoms in total. The number of rotatable bonds is 2. The van der Waals surface area contributed by atoms with Gasteiger partial charge in [-0.3, -0.25) is 0 Å². The molecule has 1 aliphatic heterocycles. The number of benzene rings is 1. The molecule has 1 heterocycles. The van der Waals surface area contributed by atoms with Crippen molar-refractivity contribution in [3.63, 3.8) is 0 Å². The number of halogens is 1. The Morgan fingerprint density at radius 3 is 2.77 bits per heavy atom. The third kappa shape index (κ3) is 1.89. The van der Waals surface area contributed by atoms with Crippen molar-refractivity contribution in [2.75, 3.05) is 13.1 Å². The third-order valence-electron chi connectivity index (χ3n) is 2.49. The Labute approximate surface area is 78.0 Å². The van der Waals surface area contributed by atoms with Gasteiger partial charge >= 0.3 is 0 Å². The van der Waals surface area contributed by atoms with Crippen LogP contribution in [-0.2, 0) is 6.42 Å². The summed E-state index contributed by atoms with van der Waals surface area (Å²) < 4.78 is 13.7. The molecule has 2 heteroatoms. The molecule has 1 fully saturated rings. The minimum absolute atomic E-state index is 0.501. The standard InChI is InChI=1S/C11H14FN/c1-9-3-2-4-10(5-9)6-11(12)7-13-8-11/h2-5,13H,6-8H2,1H3. The molecule has 13 heavy (non-hydrogen) atoms. The van der Waals surface area contributed by atoms with E-state index in [9.17, 15) is 4.39 Å². The van der Waals surface area contributed by atoms with E-state index in [1.165, 1.54) is 5.56 Å². The number of hydrogen-bond donors (Lipinski definition) is 1. The summed E-state index contributed by atoms with van der Waals surface area (Å²) in [4.78, 5) is 0. The van der Waals surface area contributed by atoms with Crippen molar-refractivity contribution in [1.29, 1.82) is 0 Å². The van der Waals surface area contributed by atoms with E-state index in [1.807, 2.05) is 25.1 Å². The van der Waals surface area contributed by atoms with E-state index in [0.29, 0.717) is 19.5 Å². The van der Waals surface area contributed by atoms with Crippen molar-refractivity contribution in [1.82, 2.24) is 5.32 Å². The lowest BCUT2D eigenvalue weighted by Crippen LogP contribution is -2.57. The van der Waals surface area contributed by atoms with Gasteiger partial charge in [-0.25, -0.2) is 4.39 Å². The second kappa shape index (κ2) is 3.11. The minimum Gasteiger partial charge on any atom is -0.310 e. The van der Waals surface area contributed by atoms with Crippen LogP contribution in [-0.4, -0.2) is 18.8 Å². The molecule has 0 aliphatic carbocycles. The molecule has 1 aromatic carbocycles. The molecular formula is C11H14FN. The van der Waals surface area contributed by atoms with Gasteiger partial charge < -0.3 is 5.32 Å². The van der Waals surface area contributed by atoms with Crippen LogP contribution in [0.2, 0.25) is 0 Å². The fourth-order valence-corrected chi connectivity index (χ4v) is 1.71. The number of nitrogens with one attached hydrogen (secondary N) is 1. The lowest BCUT2D eigenvalue weighted by Gasteiger charge is -2.35. The second-order valence-electron chi connectivity index (χ2n) is 3.92. The number of aryl methyl sites for hydroxylation is 1. The summed E-state index contributed by atoms with van der Waals surface area (Å²) in [6.45, 7) is 3.04. The van der Waals surface area contributed by atoms with Crippen LogP contribution < -0.4 is 5.32 Å². The molecule has 0 spiro atoms. The Morgan fingerprint density at radius 1 is 1.46 bits per heavy atom. The van der Waals surface area contributed by atoms with Crippen molar-refractivity contribution in [2.45, 2.75) is 19.0 Å². The lowest BCUT2D eigenvalue weighted by molar-refractivity contribution is 0.0912. The molecule has 70 valence electrons. The lowest BCUT2D eigenvalue weighted by atomic mass is 9.90. The van der Waals surface area contributed by atoms with Gasteiger partial charge in [-0.2, -0.15) is 0 Å². The maximum Gasteiger partial charge on any atom is 0.139 e. The molecule has 1 saturated heterocycles. The highest BCUT2D eigenvalue weighted by Crippen LogP contribution is 2.22. The molecule has 0 saturated carbocycles. The van der Waals surface area contributed by atoms with E-state index in [-0.39, 0.29) is 0 Å². The van der Waals surface area contributed by atoms with Gasteiger partial charge in [0.25, 0.3) is 0 Å². The summed E-state index contributed by atoms with van der Waals surface area (Å²) in [5.41, 5.74) is 1.31. The van der Waals surface area contributed by atoms with Crippen LogP contribution in [0.3, 0.4) is 0 Å². The third-order valence-corrected chi connectivity index (χ3v) is 2.49. The van der Waals surface area contributed by atoms with Gasteiger partial charge in [0.05, 0.1) is 0 Å². The summed E-state index contributed by atoms with van der Waals surface area (Å²) in [5.74, 6) is 0. The average molecular weight is 179 g/mol. The van der Waals surface area contributed by atoms with Crippen molar-refractivity contribution >= 4 is 0 Å². The van der Waals surface area contributed by atoms with E-state index in [1.54, 1.807) is 0 Å². The topological polar surface area (TPSA) is 12.0 Å². The number of hydrogen-bond acceptors (Lipinski definition) is 1. The van der Waals surface area contributed by atoms with E-state index in [0.717, 1.165) is 5.56 Å². The van der Waals surface area contributed by atoms with Gasteiger partial charge in [0.15, 0.2) is 0 Å². The van der Waals surface area contributed by atoms with Crippen molar-refractivity contribution in [2.24, 2.45) is 0 Å². The second-order valence-corrected chi connectivity index (χ2v) is 3.92. The molecule has 2 rings (SSSR count). The maximum atomic E-state index is 13.7. The molecule has 0 unspecified atom stereocenters. The van der Waals surface area contributed by atoms with Crippen molar-refractivity contribution < 1.29 is 4.39 Å². The molecule has 0 radical (unpaired) electrons. The average Bonchev–Trinajstić information content (AvgIpc) is 2.01. The zero-order valence-electron chi connectivity index (χ0n) is 7.81. The quantitative estimate of drug-likeness (QED) is 0.730. The Balaban J connectivity index is 2.09. The Hall–Kier alpha value is -0.890. The first-order chi connectivity index (χ1) is 6.18. The normalized spacial score (nSPS) is 19.5. The summed E-state index contributed by atoms with van der Waals surface area (Å²) in [7, 11) is 0. The van der Waals surface area contributed by atoms with E-state index in [2.05, 4.69) is 11.4 Å². The summed E-state index contributed by atoms with van der Waals surface area (Å²) in [6.07, 6.45) is 0.543. The zero-order valence-corrected chi connectivity index (χ0v) is 7.81. The Kier molecular flexibility index (Phi) is 2.08. The Morgan fingerprint density at radius 2 is 2.23 bits per heavy atom. The predicted molar refractivity (Wildman–Crippen MR) is 51.6 cm³/mol. The van der Waals surface area contributed by atoms with E-state index in [4.69, 9.17) is 0 Å². The van der Waals surface area contributed by atoms with Crippen LogP contribution in [0.15, 0.2) is 24.3 Å². The summed E-state index contributed by atoms with van der Waals surface area (Å²) in [6, 6.07) is 8.07. The van der Waals surface area contributed by atoms with Crippen LogP contribution in [0, 0.1) is 6.92 Å². The highest BCUT2D eigenvalue weighted by molar-refractivity contribution is 5.24. The monoisotopic (exact) mass is 179 g/mol. The van der Waals surface area contributed by atoms with Gasteiger partial charge in [0, 0.05) is 19.5 Å². The minimum atomic E-state index is -0.992. The van der Waals surface area contributed by atoms with Crippen LogP contribution in [0.25, 0.3) is 0 Å². The smallest absolute Gasteiger partial charge is 0.139 e. The predicted octanol–water partition coefficient (Wildman–Crippen LogP) is 1.85. The van der Waals surface area contributed by atoms with E-state index < -0.39 is 5.67 Å². The van der Waals surface area contributed by atoms with Crippen LogP contribution in [0.4, 0.5) is 4.39 Å². The zero-order chi connectivity index (χ0) is 9.31. The first kappa shape index (κ1) is 8.70.